The van der Waals surface area contributed by atoms with Crippen molar-refractivity contribution >= 4 is 5.78 Å². The zero-order valence-electron chi connectivity index (χ0n) is 11.1. The van der Waals surface area contributed by atoms with Crippen molar-refractivity contribution < 1.29 is 4.79 Å². The van der Waals surface area contributed by atoms with E-state index in [4.69, 9.17) is 0 Å². The molecule has 0 saturated heterocycles. The van der Waals surface area contributed by atoms with Crippen molar-refractivity contribution in [3.8, 4) is 0 Å². The predicted molar refractivity (Wildman–Crippen MR) is 69.4 cm³/mol. The minimum absolute atomic E-state index is 0.239. The van der Waals surface area contributed by atoms with E-state index in [2.05, 4.69) is 6.58 Å². The Balaban J connectivity index is 2.32. The van der Waals surface area contributed by atoms with Crippen LogP contribution in [0.1, 0.15) is 65.7 Å². The first-order valence-corrected chi connectivity index (χ1v) is 6.64. The first-order valence-electron chi connectivity index (χ1n) is 6.64. The number of hydrogen-bond acceptors (Lipinski definition) is 1. The summed E-state index contributed by atoms with van der Waals surface area (Å²) in [6.07, 6.45) is 8.95. The maximum absolute atomic E-state index is 11.9. The largest absolute Gasteiger partial charge is 0.294 e. The number of rotatable bonds is 4. The molecule has 1 aliphatic rings. The highest BCUT2D eigenvalue weighted by Crippen LogP contribution is 2.29. The number of carbonyl (C=O) groups excluding carboxylic acids is 1. The molecule has 0 atom stereocenters. The molecule has 1 aliphatic carbocycles. The molecule has 1 saturated carbocycles. The second-order valence-corrected chi connectivity index (χ2v) is 6.23. The third-order valence-electron chi connectivity index (χ3n) is 3.58. The van der Waals surface area contributed by atoms with E-state index in [1.807, 2.05) is 20.8 Å². The first-order chi connectivity index (χ1) is 7.41. The molecule has 1 heteroatoms. The third-order valence-corrected chi connectivity index (χ3v) is 3.58. The van der Waals surface area contributed by atoms with Gasteiger partial charge in [-0.15, -0.1) is 0 Å². The quantitative estimate of drug-likeness (QED) is 0.639. The van der Waals surface area contributed by atoms with Gasteiger partial charge in [0.05, 0.1) is 0 Å². The summed E-state index contributed by atoms with van der Waals surface area (Å²) < 4.78 is 0. The van der Waals surface area contributed by atoms with Crippen LogP contribution in [0.2, 0.25) is 0 Å². The Morgan fingerprint density at radius 1 is 1.19 bits per heavy atom. The number of allylic oxidation sites excluding steroid dienone is 1. The summed E-state index contributed by atoms with van der Waals surface area (Å²) in [5, 5.41) is 0. The van der Waals surface area contributed by atoms with Crippen molar-refractivity contribution in [2.75, 3.05) is 0 Å². The SMILES string of the molecule is C=C(CCC1CCCCC1)C(=O)C(C)(C)C. The molecule has 0 aromatic carbocycles. The van der Waals surface area contributed by atoms with Gasteiger partial charge in [0.25, 0.3) is 0 Å². The van der Waals surface area contributed by atoms with Crippen molar-refractivity contribution in [1.82, 2.24) is 0 Å². The first kappa shape index (κ1) is 13.5. The molecule has 0 heterocycles. The van der Waals surface area contributed by atoms with Gasteiger partial charge in [-0.25, -0.2) is 0 Å². The van der Waals surface area contributed by atoms with Crippen molar-refractivity contribution in [2.45, 2.75) is 65.7 Å². The molecule has 0 spiro atoms. The van der Waals surface area contributed by atoms with Gasteiger partial charge < -0.3 is 0 Å². The molecule has 0 aromatic heterocycles. The molecule has 0 bridgehead atoms. The van der Waals surface area contributed by atoms with Crippen LogP contribution in [0.25, 0.3) is 0 Å². The molecule has 1 nitrogen and oxygen atoms in total. The summed E-state index contributed by atoms with van der Waals surface area (Å²) in [6.45, 7) is 9.88. The van der Waals surface area contributed by atoms with Gasteiger partial charge in [0, 0.05) is 5.41 Å². The molecule has 0 N–H and O–H groups in total. The van der Waals surface area contributed by atoms with E-state index in [0.717, 1.165) is 17.9 Å². The Bertz CT molecular complexity index is 251. The lowest BCUT2D eigenvalue weighted by molar-refractivity contribution is -0.122. The molecule has 92 valence electrons. The van der Waals surface area contributed by atoms with Crippen LogP contribution < -0.4 is 0 Å². The zero-order chi connectivity index (χ0) is 12.2. The molecule has 0 aliphatic heterocycles. The highest BCUT2D eigenvalue weighted by molar-refractivity contribution is 5.98. The topological polar surface area (TPSA) is 17.1 Å². The van der Waals surface area contributed by atoms with E-state index in [9.17, 15) is 4.79 Å². The minimum Gasteiger partial charge on any atom is -0.294 e. The van der Waals surface area contributed by atoms with Crippen LogP contribution in [0.15, 0.2) is 12.2 Å². The van der Waals surface area contributed by atoms with E-state index in [-0.39, 0.29) is 11.2 Å². The van der Waals surface area contributed by atoms with Gasteiger partial charge >= 0.3 is 0 Å². The van der Waals surface area contributed by atoms with Gasteiger partial charge in [0.15, 0.2) is 5.78 Å². The third kappa shape index (κ3) is 4.11. The second kappa shape index (κ2) is 5.65. The molecule has 0 aromatic rings. The Morgan fingerprint density at radius 3 is 2.25 bits per heavy atom. The van der Waals surface area contributed by atoms with E-state index >= 15 is 0 Å². The van der Waals surface area contributed by atoms with Gasteiger partial charge in [-0.3, -0.25) is 4.79 Å². The maximum atomic E-state index is 11.9. The number of Topliss-reactive ketones (excluding diaryl/α,β-unsaturated/α-hetero) is 1. The van der Waals surface area contributed by atoms with Gasteiger partial charge in [-0.05, 0) is 24.3 Å². The lowest BCUT2D eigenvalue weighted by Gasteiger charge is -2.23. The molecular weight excluding hydrogens is 196 g/mol. The molecule has 1 fully saturated rings. The lowest BCUT2D eigenvalue weighted by Crippen LogP contribution is -2.22. The summed E-state index contributed by atoms with van der Waals surface area (Å²) in [5.41, 5.74) is 0.571. The highest BCUT2D eigenvalue weighted by Gasteiger charge is 2.24. The van der Waals surface area contributed by atoms with Crippen molar-refractivity contribution in [2.24, 2.45) is 11.3 Å². The monoisotopic (exact) mass is 222 g/mol. The van der Waals surface area contributed by atoms with Gasteiger partial charge in [-0.1, -0.05) is 59.5 Å². The van der Waals surface area contributed by atoms with Crippen LogP contribution in [-0.2, 0) is 4.79 Å². The average Bonchev–Trinajstić information content (AvgIpc) is 2.25. The van der Waals surface area contributed by atoms with Crippen LogP contribution in [0, 0.1) is 11.3 Å². The van der Waals surface area contributed by atoms with Crippen LogP contribution in [0.3, 0.4) is 0 Å². The minimum atomic E-state index is -0.260. The van der Waals surface area contributed by atoms with E-state index < -0.39 is 0 Å². The average molecular weight is 222 g/mol. The van der Waals surface area contributed by atoms with Gasteiger partial charge in [-0.2, -0.15) is 0 Å². The standard InChI is InChI=1S/C15H26O/c1-12(14(16)15(2,3)4)10-11-13-8-6-5-7-9-13/h13H,1,5-11H2,2-4H3. The van der Waals surface area contributed by atoms with Crippen molar-refractivity contribution in [3.05, 3.63) is 12.2 Å². The Morgan fingerprint density at radius 2 is 1.75 bits per heavy atom. The normalized spacial score (nSPS) is 18.4. The van der Waals surface area contributed by atoms with Crippen LogP contribution in [-0.4, -0.2) is 5.78 Å². The maximum Gasteiger partial charge on any atom is 0.163 e. The molecule has 0 amide bonds. The van der Waals surface area contributed by atoms with E-state index in [1.54, 1.807) is 0 Å². The molecule has 16 heavy (non-hydrogen) atoms. The summed E-state index contributed by atoms with van der Waals surface area (Å²) in [4.78, 5) is 11.9. The number of carbonyl (C=O) groups is 1. The summed E-state index contributed by atoms with van der Waals surface area (Å²) in [6, 6.07) is 0. The Kier molecular flexibility index (Phi) is 4.76. The fourth-order valence-electron chi connectivity index (χ4n) is 2.50. The van der Waals surface area contributed by atoms with Gasteiger partial charge in [0.1, 0.15) is 0 Å². The van der Waals surface area contributed by atoms with Crippen molar-refractivity contribution in [3.63, 3.8) is 0 Å². The van der Waals surface area contributed by atoms with Crippen molar-refractivity contribution in [1.29, 1.82) is 0 Å². The van der Waals surface area contributed by atoms with Gasteiger partial charge in [0.2, 0.25) is 0 Å². The molecule has 0 unspecified atom stereocenters. The zero-order valence-corrected chi connectivity index (χ0v) is 11.1. The Hall–Kier alpha value is -0.590. The van der Waals surface area contributed by atoms with E-state index in [0.29, 0.717) is 0 Å². The molecule has 1 rings (SSSR count). The molecule has 0 radical (unpaired) electrons. The highest BCUT2D eigenvalue weighted by atomic mass is 16.1. The number of hydrogen-bond donors (Lipinski definition) is 0. The smallest absolute Gasteiger partial charge is 0.163 e. The number of ketones is 1. The second-order valence-electron chi connectivity index (χ2n) is 6.23. The van der Waals surface area contributed by atoms with Crippen LogP contribution in [0.5, 0.6) is 0 Å². The van der Waals surface area contributed by atoms with E-state index in [1.165, 1.54) is 38.5 Å². The summed E-state index contributed by atoms with van der Waals surface area (Å²) >= 11 is 0. The van der Waals surface area contributed by atoms with Crippen LogP contribution in [0.4, 0.5) is 0 Å². The van der Waals surface area contributed by atoms with Crippen LogP contribution >= 0.6 is 0 Å². The Labute approximate surface area is 100 Å². The molecular formula is C15H26O. The summed E-state index contributed by atoms with van der Waals surface area (Å²) in [5.74, 6) is 1.08. The lowest BCUT2D eigenvalue weighted by atomic mass is 9.81. The fraction of sp³-hybridized carbons (Fsp3) is 0.800. The fourth-order valence-corrected chi connectivity index (χ4v) is 2.50. The predicted octanol–water partition coefficient (Wildman–Crippen LogP) is 4.52. The summed E-state index contributed by atoms with van der Waals surface area (Å²) in [7, 11) is 0.